The van der Waals surface area contributed by atoms with Gasteiger partial charge in [0.2, 0.25) is 20.0 Å². The van der Waals surface area contributed by atoms with E-state index in [1.54, 1.807) is 19.1 Å². The van der Waals surface area contributed by atoms with Crippen LogP contribution in [0, 0.1) is 6.92 Å². The number of sulfonamides is 2. The van der Waals surface area contributed by atoms with Gasteiger partial charge >= 0.3 is 0 Å². The Morgan fingerprint density at radius 3 is 2.42 bits per heavy atom. The molecule has 1 aromatic rings. The Bertz CT molecular complexity index is 769. The van der Waals surface area contributed by atoms with E-state index in [0.717, 1.165) is 24.8 Å². The van der Waals surface area contributed by atoms with Gasteiger partial charge in [-0.05, 0) is 37.5 Å². The van der Waals surface area contributed by atoms with E-state index in [1.807, 2.05) is 0 Å². The first-order valence-electron chi connectivity index (χ1n) is 7.88. The summed E-state index contributed by atoms with van der Waals surface area (Å²) in [4.78, 5) is 0.0142. The van der Waals surface area contributed by atoms with Crippen LogP contribution < -0.4 is 9.46 Å². The third-order valence-corrected chi connectivity index (χ3v) is 7.32. The first-order chi connectivity index (χ1) is 11.3. The van der Waals surface area contributed by atoms with Crippen molar-refractivity contribution in [3.8, 4) is 5.75 Å². The lowest BCUT2D eigenvalue weighted by atomic mass is 10.2. The maximum atomic E-state index is 12.4. The molecule has 1 saturated heterocycles. The minimum atomic E-state index is -3.84. The number of methoxy groups -OCH3 is 1. The number of aryl methyl sites for hydroxylation is 1. The second kappa shape index (κ2) is 7.81. The molecule has 1 aliphatic heterocycles. The zero-order valence-corrected chi connectivity index (χ0v) is 15.6. The van der Waals surface area contributed by atoms with E-state index in [0.29, 0.717) is 13.1 Å². The minimum Gasteiger partial charge on any atom is -0.495 e. The van der Waals surface area contributed by atoms with E-state index < -0.39 is 20.0 Å². The summed E-state index contributed by atoms with van der Waals surface area (Å²) < 4.78 is 58.2. The molecule has 9 heteroatoms. The smallest absolute Gasteiger partial charge is 0.244 e. The predicted octanol–water partition coefficient (Wildman–Crippen LogP) is 1.10. The van der Waals surface area contributed by atoms with Gasteiger partial charge in [-0.3, -0.25) is 0 Å². The first kappa shape index (κ1) is 19.2. The van der Waals surface area contributed by atoms with Gasteiger partial charge in [-0.2, -0.15) is 0 Å². The molecule has 136 valence electrons. The van der Waals surface area contributed by atoms with Crippen molar-refractivity contribution < 1.29 is 21.6 Å². The highest BCUT2D eigenvalue weighted by molar-refractivity contribution is 7.90. The molecule has 0 unspecified atom stereocenters. The largest absolute Gasteiger partial charge is 0.495 e. The molecule has 0 saturated carbocycles. The van der Waals surface area contributed by atoms with Gasteiger partial charge in [-0.25, -0.2) is 25.9 Å². The number of ether oxygens (including phenoxy) is 1. The highest BCUT2D eigenvalue weighted by atomic mass is 32.2. The molecule has 0 amide bonds. The molecule has 2 rings (SSSR count). The zero-order chi connectivity index (χ0) is 17.8. The van der Waals surface area contributed by atoms with Crippen molar-refractivity contribution in [1.29, 1.82) is 0 Å². The highest BCUT2D eigenvalue weighted by Crippen LogP contribution is 2.24. The molecule has 24 heavy (non-hydrogen) atoms. The van der Waals surface area contributed by atoms with Crippen LogP contribution in [0.15, 0.2) is 23.1 Å². The van der Waals surface area contributed by atoms with Crippen LogP contribution in [0.4, 0.5) is 0 Å². The number of piperidine rings is 1. The van der Waals surface area contributed by atoms with E-state index in [1.165, 1.54) is 17.5 Å². The van der Waals surface area contributed by atoms with Crippen LogP contribution in [-0.4, -0.2) is 53.6 Å². The average Bonchev–Trinajstić information content (AvgIpc) is 2.55. The minimum absolute atomic E-state index is 0.0142. The molecule has 1 N–H and O–H groups in total. The van der Waals surface area contributed by atoms with E-state index in [-0.39, 0.29) is 22.9 Å². The number of nitrogens with one attached hydrogen (secondary N) is 1. The van der Waals surface area contributed by atoms with Gasteiger partial charge in [-0.1, -0.05) is 12.5 Å². The molecule has 0 radical (unpaired) electrons. The van der Waals surface area contributed by atoms with E-state index in [4.69, 9.17) is 4.74 Å². The topological polar surface area (TPSA) is 92.8 Å². The molecule has 0 atom stereocenters. The van der Waals surface area contributed by atoms with Gasteiger partial charge in [0.05, 0.1) is 12.9 Å². The SMILES string of the molecule is COc1ccc(C)cc1S(=O)(=O)NCCS(=O)(=O)N1CCCCC1. The van der Waals surface area contributed by atoms with Gasteiger partial charge in [0, 0.05) is 19.6 Å². The average molecular weight is 377 g/mol. The van der Waals surface area contributed by atoms with Crippen molar-refractivity contribution in [2.45, 2.75) is 31.1 Å². The fraction of sp³-hybridized carbons (Fsp3) is 0.600. The third kappa shape index (κ3) is 4.69. The standard InChI is InChI=1S/C15H24N2O5S2/c1-13-6-7-14(22-2)15(12-13)24(20,21)16-8-11-23(18,19)17-9-4-3-5-10-17/h6-7,12,16H,3-5,8-11H2,1-2H3. The Morgan fingerprint density at radius 1 is 1.12 bits per heavy atom. The van der Waals surface area contributed by atoms with Gasteiger partial charge in [0.25, 0.3) is 0 Å². The molecule has 0 spiro atoms. The van der Waals surface area contributed by atoms with Crippen molar-refractivity contribution in [1.82, 2.24) is 9.03 Å². The Hall–Kier alpha value is -1.16. The summed E-state index contributed by atoms with van der Waals surface area (Å²) in [6.45, 7) is 2.64. The molecular weight excluding hydrogens is 352 g/mol. The number of rotatable bonds is 7. The van der Waals surface area contributed by atoms with E-state index >= 15 is 0 Å². The van der Waals surface area contributed by atoms with Crippen molar-refractivity contribution in [3.63, 3.8) is 0 Å². The van der Waals surface area contributed by atoms with Crippen molar-refractivity contribution in [3.05, 3.63) is 23.8 Å². The van der Waals surface area contributed by atoms with E-state index in [2.05, 4.69) is 4.72 Å². The molecule has 7 nitrogen and oxygen atoms in total. The quantitative estimate of drug-likeness (QED) is 0.769. The number of benzene rings is 1. The Morgan fingerprint density at radius 2 is 1.79 bits per heavy atom. The third-order valence-electron chi connectivity index (χ3n) is 3.97. The maximum absolute atomic E-state index is 12.4. The highest BCUT2D eigenvalue weighted by Gasteiger charge is 2.25. The van der Waals surface area contributed by atoms with Gasteiger partial charge in [0.15, 0.2) is 0 Å². The van der Waals surface area contributed by atoms with Crippen molar-refractivity contribution in [2.75, 3.05) is 32.5 Å². The van der Waals surface area contributed by atoms with Gasteiger partial charge in [-0.15, -0.1) is 0 Å². The maximum Gasteiger partial charge on any atom is 0.244 e. The number of nitrogens with zero attached hydrogens (tertiary/aromatic N) is 1. The summed E-state index contributed by atoms with van der Waals surface area (Å²) in [5.74, 6) is -0.0209. The number of hydrogen-bond acceptors (Lipinski definition) is 5. The van der Waals surface area contributed by atoms with Crippen LogP contribution in [0.25, 0.3) is 0 Å². The second-order valence-corrected chi connectivity index (χ2v) is 9.65. The lowest BCUT2D eigenvalue weighted by Crippen LogP contribution is -2.40. The molecule has 1 fully saturated rings. The molecule has 0 aromatic heterocycles. The van der Waals surface area contributed by atoms with Crippen LogP contribution in [0.3, 0.4) is 0 Å². The second-order valence-electron chi connectivity index (χ2n) is 5.83. The summed E-state index contributed by atoms with van der Waals surface area (Å²) in [6, 6.07) is 4.83. The molecule has 0 aliphatic carbocycles. The summed E-state index contributed by atoms with van der Waals surface area (Å²) in [5, 5.41) is 0. The normalized spacial score (nSPS) is 16.9. The van der Waals surface area contributed by atoms with Crippen LogP contribution in [0.1, 0.15) is 24.8 Å². The lowest BCUT2D eigenvalue weighted by Gasteiger charge is -2.25. The number of hydrogen-bond donors (Lipinski definition) is 1. The Labute approximate surface area is 144 Å². The first-order valence-corrected chi connectivity index (χ1v) is 11.0. The van der Waals surface area contributed by atoms with Crippen LogP contribution in [-0.2, 0) is 20.0 Å². The van der Waals surface area contributed by atoms with Crippen LogP contribution >= 0.6 is 0 Å². The van der Waals surface area contributed by atoms with E-state index in [9.17, 15) is 16.8 Å². The summed E-state index contributed by atoms with van der Waals surface area (Å²) in [6.07, 6.45) is 2.74. The Kier molecular flexibility index (Phi) is 6.24. The molecule has 1 heterocycles. The monoisotopic (exact) mass is 376 g/mol. The van der Waals surface area contributed by atoms with Gasteiger partial charge < -0.3 is 4.74 Å². The summed E-state index contributed by atoms with van der Waals surface area (Å²) >= 11 is 0. The fourth-order valence-corrected chi connectivity index (χ4v) is 5.49. The molecule has 1 aliphatic rings. The zero-order valence-electron chi connectivity index (χ0n) is 14.0. The predicted molar refractivity (Wildman–Crippen MR) is 92.1 cm³/mol. The van der Waals surface area contributed by atoms with Crippen molar-refractivity contribution in [2.24, 2.45) is 0 Å². The van der Waals surface area contributed by atoms with Gasteiger partial charge in [0.1, 0.15) is 10.6 Å². The fourth-order valence-electron chi connectivity index (χ4n) is 2.65. The summed E-state index contributed by atoms with van der Waals surface area (Å²) in [7, 11) is -5.88. The lowest BCUT2D eigenvalue weighted by molar-refractivity contribution is 0.346. The van der Waals surface area contributed by atoms with Crippen LogP contribution in [0.2, 0.25) is 0 Å². The summed E-state index contributed by atoms with van der Waals surface area (Å²) in [5.41, 5.74) is 0.775. The van der Waals surface area contributed by atoms with Crippen molar-refractivity contribution >= 4 is 20.0 Å². The Balaban J connectivity index is 2.04. The molecular formula is C15H24N2O5S2. The molecule has 1 aromatic carbocycles. The van der Waals surface area contributed by atoms with Crippen LogP contribution in [0.5, 0.6) is 5.75 Å². The molecule has 0 bridgehead atoms.